The maximum Gasteiger partial charge on any atom is 0.336 e. The van der Waals surface area contributed by atoms with Gasteiger partial charge in [0.15, 0.2) is 6.10 Å². The lowest BCUT2D eigenvalue weighted by Gasteiger charge is -2.17. The highest BCUT2D eigenvalue weighted by molar-refractivity contribution is 5.77. The molecule has 1 heterocycles. The number of urea groups is 1. The zero-order valence-electron chi connectivity index (χ0n) is 8.73. The highest BCUT2D eigenvalue weighted by Gasteiger charge is 2.20. The standard InChI is InChI=1S/C9H16N2O4/c1-15-8(13)7(12)6-10-9(14)11-4-2-3-5-11/h7,12H,2-6H2,1H3,(H,10,14). The minimum atomic E-state index is -1.29. The fourth-order valence-electron chi connectivity index (χ4n) is 1.44. The summed E-state index contributed by atoms with van der Waals surface area (Å²) in [6.07, 6.45) is 0.724. The number of methoxy groups -OCH3 is 1. The van der Waals surface area contributed by atoms with Gasteiger partial charge in [0.1, 0.15) is 0 Å². The van der Waals surface area contributed by atoms with E-state index in [1.54, 1.807) is 4.90 Å². The lowest BCUT2D eigenvalue weighted by Crippen LogP contribution is -2.43. The highest BCUT2D eigenvalue weighted by Crippen LogP contribution is 2.06. The first-order valence-corrected chi connectivity index (χ1v) is 4.94. The minimum Gasteiger partial charge on any atom is -0.467 e. The monoisotopic (exact) mass is 216 g/mol. The second kappa shape index (κ2) is 5.55. The SMILES string of the molecule is COC(=O)C(O)CNC(=O)N1CCCC1. The molecule has 0 aromatic heterocycles. The van der Waals surface area contributed by atoms with E-state index < -0.39 is 12.1 Å². The van der Waals surface area contributed by atoms with Crippen LogP contribution in [0.15, 0.2) is 0 Å². The average molecular weight is 216 g/mol. The number of ether oxygens (including phenoxy) is 1. The van der Waals surface area contributed by atoms with Gasteiger partial charge in [0.2, 0.25) is 0 Å². The molecule has 0 saturated carbocycles. The Morgan fingerprint density at radius 1 is 1.47 bits per heavy atom. The summed E-state index contributed by atoms with van der Waals surface area (Å²) in [6.45, 7) is 1.36. The van der Waals surface area contributed by atoms with E-state index >= 15 is 0 Å². The van der Waals surface area contributed by atoms with Gasteiger partial charge < -0.3 is 20.1 Å². The van der Waals surface area contributed by atoms with E-state index in [1.807, 2.05) is 0 Å². The number of aliphatic hydroxyl groups is 1. The molecule has 0 aromatic rings. The van der Waals surface area contributed by atoms with Crippen molar-refractivity contribution in [3.8, 4) is 0 Å². The van der Waals surface area contributed by atoms with Gasteiger partial charge in [-0.15, -0.1) is 0 Å². The first kappa shape index (κ1) is 11.8. The molecule has 2 N–H and O–H groups in total. The predicted octanol–water partition coefficient (Wildman–Crippen LogP) is -0.674. The van der Waals surface area contributed by atoms with Crippen molar-refractivity contribution in [1.82, 2.24) is 10.2 Å². The third kappa shape index (κ3) is 3.39. The van der Waals surface area contributed by atoms with Crippen LogP contribution in [0.4, 0.5) is 4.79 Å². The van der Waals surface area contributed by atoms with Crippen molar-refractivity contribution in [3.05, 3.63) is 0 Å². The average Bonchev–Trinajstić information content (AvgIpc) is 2.77. The molecule has 1 rings (SSSR count). The molecular weight excluding hydrogens is 200 g/mol. The Hall–Kier alpha value is -1.30. The molecule has 1 aliphatic heterocycles. The van der Waals surface area contributed by atoms with Crippen molar-refractivity contribution >= 4 is 12.0 Å². The van der Waals surface area contributed by atoms with Crippen LogP contribution < -0.4 is 5.32 Å². The van der Waals surface area contributed by atoms with Crippen molar-refractivity contribution < 1.29 is 19.4 Å². The summed E-state index contributed by atoms with van der Waals surface area (Å²) >= 11 is 0. The van der Waals surface area contributed by atoms with E-state index in [-0.39, 0.29) is 12.6 Å². The fraction of sp³-hybridized carbons (Fsp3) is 0.778. The number of likely N-dealkylation sites (tertiary alicyclic amines) is 1. The van der Waals surface area contributed by atoms with Crippen LogP contribution >= 0.6 is 0 Å². The number of amides is 2. The number of hydrogen-bond acceptors (Lipinski definition) is 4. The maximum absolute atomic E-state index is 11.4. The summed E-state index contributed by atoms with van der Waals surface area (Å²) in [5.74, 6) is -0.739. The molecule has 0 bridgehead atoms. The molecule has 0 aromatic carbocycles. The van der Waals surface area contributed by atoms with Gasteiger partial charge >= 0.3 is 12.0 Å². The molecule has 1 unspecified atom stereocenters. The number of nitrogens with one attached hydrogen (secondary N) is 1. The molecule has 2 amide bonds. The molecule has 1 aliphatic rings. The van der Waals surface area contributed by atoms with Crippen molar-refractivity contribution in [2.24, 2.45) is 0 Å². The zero-order valence-corrected chi connectivity index (χ0v) is 8.73. The van der Waals surface area contributed by atoms with E-state index in [0.717, 1.165) is 25.9 Å². The number of nitrogens with zero attached hydrogens (tertiary/aromatic N) is 1. The summed E-state index contributed by atoms with van der Waals surface area (Å²) in [4.78, 5) is 23.9. The fourth-order valence-corrected chi connectivity index (χ4v) is 1.44. The highest BCUT2D eigenvalue weighted by atomic mass is 16.5. The Balaban J connectivity index is 2.24. The van der Waals surface area contributed by atoms with Crippen LogP contribution in [0.3, 0.4) is 0 Å². The van der Waals surface area contributed by atoms with Gasteiger partial charge in [0, 0.05) is 13.1 Å². The third-order valence-corrected chi connectivity index (χ3v) is 2.31. The van der Waals surface area contributed by atoms with Gasteiger partial charge in [0.05, 0.1) is 13.7 Å². The van der Waals surface area contributed by atoms with Crippen molar-refractivity contribution in [2.45, 2.75) is 18.9 Å². The summed E-state index contributed by atoms with van der Waals surface area (Å²) in [6, 6.07) is -0.240. The van der Waals surface area contributed by atoms with E-state index in [0.29, 0.717) is 0 Å². The van der Waals surface area contributed by atoms with Crippen LogP contribution in [0, 0.1) is 0 Å². The van der Waals surface area contributed by atoms with E-state index in [2.05, 4.69) is 10.1 Å². The second-order valence-electron chi connectivity index (χ2n) is 3.42. The van der Waals surface area contributed by atoms with Crippen LogP contribution in [0.2, 0.25) is 0 Å². The molecule has 86 valence electrons. The van der Waals surface area contributed by atoms with Gasteiger partial charge in [0.25, 0.3) is 0 Å². The quantitative estimate of drug-likeness (QED) is 0.613. The molecule has 15 heavy (non-hydrogen) atoms. The molecule has 1 fully saturated rings. The van der Waals surface area contributed by atoms with Crippen LogP contribution in [0.5, 0.6) is 0 Å². The Morgan fingerprint density at radius 3 is 2.60 bits per heavy atom. The number of esters is 1. The molecule has 6 nitrogen and oxygen atoms in total. The molecule has 0 spiro atoms. The summed E-state index contributed by atoms with van der Waals surface area (Å²) in [5.41, 5.74) is 0. The topological polar surface area (TPSA) is 78.9 Å². The number of hydrogen-bond donors (Lipinski definition) is 2. The molecule has 0 aliphatic carbocycles. The van der Waals surface area contributed by atoms with E-state index in [1.165, 1.54) is 7.11 Å². The first-order valence-electron chi connectivity index (χ1n) is 4.94. The second-order valence-corrected chi connectivity index (χ2v) is 3.42. The molecule has 0 radical (unpaired) electrons. The Bertz CT molecular complexity index is 238. The Kier molecular flexibility index (Phi) is 4.36. The van der Waals surface area contributed by atoms with Crippen LogP contribution in [0.25, 0.3) is 0 Å². The molecule has 1 saturated heterocycles. The van der Waals surface area contributed by atoms with E-state index in [9.17, 15) is 14.7 Å². The zero-order chi connectivity index (χ0) is 11.3. The van der Waals surface area contributed by atoms with Crippen molar-refractivity contribution in [1.29, 1.82) is 0 Å². The van der Waals surface area contributed by atoms with Crippen molar-refractivity contribution in [3.63, 3.8) is 0 Å². The molecule has 6 heteroatoms. The van der Waals surface area contributed by atoms with Gasteiger partial charge in [-0.3, -0.25) is 0 Å². The maximum atomic E-state index is 11.4. The predicted molar refractivity (Wildman–Crippen MR) is 52.2 cm³/mol. The minimum absolute atomic E-state index is 0.109. The smallest absolute Gasteiger partial charge is 0.336 e. The van der Waals surface area contributed by atoms with Gasteiger partial charge in [-0.1, -0.05) is 0 Å². The normalized spacial score (nSPS) is 17.3. The number of rotatable bonds is 3. The van der Waals surface area contributed by atoms with Gasteiger partial charge in [-0.2, -0.15) is 0 Å². The lowest BCUT2D eigenvalue weighted by molar-refractivity contribution is -0.149. The largest absolute Gasteiger partial charge is 0.467 e. The number of aliphatic hydroxyl groups excluding tert-OH is 1. The molecular formula is C9H16N2O4. The van der Waals surface area contributed by atoms with Crippen LogP contribution in [-0.2, 0) is 9.53 Å². The van der Waals surface area contributed by atoms with E-state index in [4.69, 9.17) is 0 Å². The van der Waals surface area contributed by atoms with Crippen LogP contribution in [-0.4, -0.2) is 54.9 Å². The van der Waals surface area contributed by atoms with Gasteiger partial charge in [-0.05, 0) is 12.8 Å². The van der Waals surface area contributed by atoms with Crippen molar-refractivity contribution in [2.75, 3.05) is 26.7 Å². The number of carbonyl (C=O) groups is 2. The first-order chi connectivity index (χ1) is 7.15. The lowest BCUT2D eigenvalue weighted by atomic mass is 10.3. The Labute approximate surface area is 88.2 Å². The summed E-state index contributed by atoms with van der Waals surface area (Å²) in [7, 11) is 1.19. The summed E-state index contributed by atoms with van der Waals surface area (Å²) < 4.78 is 4.32. The Morgan fingerprint density at radius 2 is 2.07 bits per heavy atom. The van der Waals surface area contributed by atoms with Crippen LogP contribution in [0.1, 0.15) is 12.8 Å². The molecule has 1 atom stereocenters. The third-order valence-electron chi connectivity index (χ3n) is 2.31. The number of carbonyl (C=O) groups excluding carboxylic acids is 2. The summed E-state index contributed by atoms with van der Waals surface area (Å²) in [5, 5.41) is 11.7. The van der Waals surface area contributed by atoms with Gasteiger partial charge in [-0.25, -0.2) is 9.59 Å².